The zero-order valence-corrected chi connectivity index (χ0v) is 15.6. The molecule has 3 heteroatoms. The fourth-order valence-electron chi connectivity index (χ4n) is 3.33. The molecule has 0 N–H and O–H groups in total. The molecule has 0 amide bonds. The summed E-state index contributed by atoms with van der Waals surface area (Å²) in [4.78, 5) is 6.89. The first kappa shape index (κ1) is 18.6. The van der Waals surface area contributed by atoms with E-state index in [-0.39, 0.29) is 5.41 Å². The molecule has 0 saturated carbocycles. The summed E-state index contributed by atoms with van der Waals surface area (Å²) in [6, 6.07) is 4.17. The average Bonchev–Trinajstić information content (AvgIpc) is 2.56. The average molecular weight is 320 g/mol. The van der Waals surface area contributed by atoms with E-state index in [4.69, 9.17) is 7.85 Å². The maximum absolute atomic E-state index is 5.82. The molecule has 1 aromatic heterocycles. The number of anilines is 1. The van der Waals surface area contributed by atoms with Crippen molar-refractivity contribution in [3.05, 3.63) is 60.1 Å². The first-order valence-electron chi connectivity index (χ1n) is 8.78. The summed E-state index contributed by atoms with van der Waals surface area (Å²) >= 11 is 0. The Morgan fingerprint density at radius 1 is 1.42 bits per heavy atom. The van der Waals surface area contributed by atoms with Gasteiger partial charge in [-0.1, -0.05) is 51.4 Å². The molecular formula is C21H29BN2. The van der Waals surface area contributed by atoms with Gasteiger partial charge < -0.3 is 4.90 Å². The van der Waals surface area contributed by atoms with Crippen molar-refractivity contribution in [3.63, 3.8) is 0 Å². The number of nitrogens with zero attached hydrogens (tertiary/aromatic N) is 2. The Labute approximate surface area is 148 Å². The predicted octanol–water partition coefficient (Wildman–Crippen LogP) is 5.76. The SMILES string of the molecule is [B]CC(=C)C1(C)CC=C(N(C(=C)C)c2ncccc2C(C)C)CC1. The minimum absolute atomic E-state index is 0.101. The molecule has 126 valence electrons. The number of aromatic nitrogens is 1. The Morgan fingerprint density at radius 3 is 2.62 bits per heavy atom. The normalized spacial score (nSPS) is 20.6. The Hall–Kier alpha value is -1.77. The zero-order valence-electron chi connectivity index (χ0n) is 15.6. The standard InChI is InChI=1S/C21H29BN2/c1-15(2)19-8-7-13-23-20(19)24(16(3)4)18-9-11-21(6,12-10-18)17(5)14-22/h7-9,13,15H,3,5,10-12,14H2,1-2,4,6H3. The minimum atomic E-state index is 0.101. The molecule has 0 bridgehead atoms. The molecule has 0 aliphatic heterocycles. The molecule has 2 radical (unpaired) electrons. The first-order chi connectivity index (χ1) is 11.3. The van der Waals surface area contributed by atoms with E-state index in [1.54, 1.807) is 0 Å². The van der Waals surface area contributed by atoms with Crippen LogP contribution in [0.5, 0.6) is 0 Å². The lowest BCUT2D eigenvalue weighted by atomic mass is 9.69. The van der Waals surface area contributed by atoms with Gasteiger partial charge in [0.25, 0.3) is 0 Å². The highest BCUT2D eigenvalue weighted by Gasteiger charge is 2.31. The molecular weight excluding hydrogens is 291 g/mol. The van der Waals surface area contributed by atoms with Gasteiger partial charge in [0.15, 0.2) is 0 Å². The third-order valence-electron chi connectivity index (χ3n) is 5.14. The van der Waals surface area contributed by atoms with Crippen LogP contribution in [0.2, 0.25) is 6.32 Å². The van der Waals surface area contributed by atoms with E-state index in [1.807, 2.05) is 19.2 Å². The highest BCUT2D eigenvalue weighted by molar-refractivity contribution is 6.10. The fraction of sp³-hybridized carbons (Fsp3) is 0.476. The van der Waals surface area contributed by atoms with Crippen molar-refractivity contribution >= 4 is 13.7 Å². The number of hydrogen-bond donors (Lipinski definition) is 0. The van der Waals surface area contributed by atoms with Gasteiger partial charge in [0, 0.05) is 17.6 Å². The Bertz CT molecular complexity index is 660. The first-order valence-corrected chi connectivity index (χ1v) is 8.78. The lowest BCUT2D eigenvalue weighted by Gasteiger charge is -2.38. The molecule has 0 spiro atoms. The van der Waals surface area contributed by atoms with Crippen molar-refractivity contribution in [2.45, 2.75) is 59.2 Å². The van der Waals surface area contributed by atoms with Crippen molar-refractivity contribution in [2.75, 3.05) is 4.90 Å². The van der Waals surface area contributed by atoms with Gasteiger partial charge in [0.2, 0.25) is 0 Å². The second-order valence-electron chi connectivity index (χ2n) is 7.41. The van der Waals surface area contributed by atoms with Crippen LogP contribution in [0.25, 0.3) is 0 Å². The second-order valence-corrected chi connectivity index (χ2v) is 7.41. The highest BCUT2D eigenvalue weighted by atomic mass is 15.2. The van der Waals surface area contributed by atoms with Crippen LogP contribution < -0.4 is 4.90 Å². The number of rotatable bonds is 6. The predicted molar refractivity (Wildman–Crippen MR) is 105 cm³/mol. The summed E-state index contributed by atoms with van der Waals surface area (Å²) in [7, 11) is 5.82. The van der Waals surface area contributed by atoms with Crippen LogP contribution in [0.4, 0.5) is 5.82 Å². The summed E-state index contributed by atoms with van der Waals surface area (Å²) in [5, 5.41) is 0. The van der Waals surface area contributed by atoms with Crippen molar-refractivity contribution in [3.8, 4) is 0 Å². The second kappa shape index (κ2) is 7.42. The quantitative estimate of drug-likeness (QED) is 0.489. The van der Waals surface area contributed by atoms with E-state index in [1.165, 1.54) is 11.3 Å². The summed E-state index contributed by atoms with van der Waals surface area (Å²) in [5.41, 5.74) is 4.78. The van der Waals surface area contributed by atoms with Crippen molar-refractivity contribution in [1.29, 1.82) is 0 Å². The third-order valence-corrected chi connectivity index (χ3v) is 5.14. The van der Waals surface area contributed by atoms with E-state index < -0.39 is 0 Å². The van der Waals surface area contributed by atoms with Crippen molar-refractivity contribution < 1.29 is 0 Å². The lowest BCUT2D eigenvalue weighted by Crippen LogP contribution is -2.29. The molecule has 0 saturated heterocycles. The van der Waals surface area contributed by atoms with Crippen LogP contribution in [-0.4, -0.2) is 12.8 Å². The minimum Gasteiger partial charge on any atom is -0.304 e. The lowest BCUT2D eigenvalue weighted by molar-refractivity contribution is 0.352. The van der Waals surface area contributed by atoms with E-state index in [0.717, 1.165) is 36.4 Å². The Kier molecular flexibility index (Phi) is 5.74. The Balaban J connectivity index is 2.38. The van der Waals surface area contributed by atoms with Crippen LogP contribution >= 0.6 is 0 Å². The molecule has 1 unspecified atom stereocenters. The van der Waals surface area contributed by atoms with Gasteiger partial charge in [-0.3, -0.25) is 0 Å². The van der Waals surface area contributed by atoms with E-state index in [2.05, 4.69) is 56.0 Å². The maximum Gasteiger partial charge on any atom is 0.140 e. The van der Waals surface area contributed by atoms with Gasteiger partial charge in [0.05, 0.1) is 7.85 Å². The molecule has 0 fully saturated rings. The molecule has 1 aromatic rings. The Morgan fingerprint density at radius 2 is 2.12 bits per heavy atom. The van der Waals surface area contributed by atoms with E-state index in [9.17, 15) is 0 Å². The van der Waals surface area contributed by atoms with Gasteiger partial charge in [-0.15, -0.1) is 6.58 Å². The number of hydrogen-bond acceptors (Lipinski definition) is 2. The molecule has 1 atom stereocenters. The van der Waals surface area contributed by atoms with Crippen molar-refractivity contribution in [1.82, 2.24) is 4.98 Å². The molecule has 1 aliphatic rings. The summed E-state index contributed by atoms with van der Waals surface area (Å²) in [5.74, 6) is 1.43. The topological polar surface area (TPSA) is 16.1 Å². The third kappa shape index (κ3) is 3.66. The van der Waals surface area contributed by atoms with Gasteiger partial charge in [-0.05, 0) is 49.1 Å². The summed E-state index contributed by atoms with van der Waals surface area (Å²) in [6.45, 7) is 17.1. The van der Waals surface area contributed by atoms with Gasteiger partial charge in [-0.25, -0.2) is 4.98 Å². The van der Waals surface area contributed by atoms with Gasteiger partial charge >= 0.3 is 0 Å². The van der Waals surface area contributed by atoms with E-state index in [0.29, 0.717) is 12.2 Å². The number of pyridine rings is 1. The summed E-state index contributed by atoms with van der Waals surface area (Å²) < 4.78 is 0. The largest absolute Gasteiger partial charge is 0.304 e. The van der Waals surface area contributed by atoms with E-state index >= 15 is 0 Å². The van der Waals surface area contributed by atoms with Crippen LogP contribution in [0.1, 0.15) is 58.4 Å². The molecule has 1 heterocycles. The molecule has 2 rings (SSSR count). The van der Waals surface area contributed by atoms with Crippen LogP contribution in [0.3, 0.4) is 0 Å². The van der Waals surface area contributed by atoms with Crippen LogP contribution in [-0.2, 0) is 0 Å². The smallest absolute Gasteiger partial charge is 0.140 e. The monoisotopic (exact) mass is 320 g/mol. The molecule has 2 nitrogen and oxygen atoms in total. The summed E-state index contributed by atoms with van der Waals surface area (Å²) in [6.07, 6.45) is 7.74. The highest BCUT2D eigenvalue weighted by Crippen LogP contribution is 2.44. The zero-order chi connectivity index (χ0) is 17.9. The van der Waals surface area contributed by atoms with Gasteiger partial charge in [-0.2, -0.15) is 0 Å². The van der Waals surface area contributed by atoms with Crippen LogP contribution in [0, 0.1) is 5.41 Å². The van der Waals surface area contributed by atoms with Crippen LogP contribution in [0.15, 0.2) is 54.5 Å². The molecule has 24 heavy (non-hydrogen) atoms. The van der Waals surface area contributed by atoms with Gasteiger partial charge in [0.1, 0.15) is 5.82 Å². The molecule has 0 aromatic carbocycles. The molecule has 1 aliphatic carbocycles. The van der Waals surface area contributed by atoms with Crippen molar-refractivity contribution in [2.24, 2.45) is 5.41 Å². The maximum atomic E-state index is 5.82. The number of allylic oxidation sites excluding steroid dienone is 4. The fourth-order valence-corrected chi connectivity index (χ4v) is 3.33.